The topological polar surface area (TPSA) is 62.0 Å². The van der Waals surface area contributed by atoms with Crippen LogP contribution in [0.2, 0.25) is 0 Å². The third kappa shape index (κ3) is 4.06. The molecule has 1 rings (SSSR count). The van der Waals surface area contributed by atoms with Crippen molar-refractivity contribution in [3.63, 3.8) is 0 Å². The molecule has 0 bridgehead atoms. The van der Waals surface area contributed by atoms with Gasteiger partial charge in [-0.3, -0.25) is 9.59 Å². The molecule has 0 aliphatic rings. The summed E-state index contributed by atoms with van der Waals surface area (Å²) >= 11 is 0. The third-order valence-electron chi connectivity index (χ3n) is 2.90. The second kappa shape index (κ2) is 6.23. The van der Waals surface area contributed by atoms with E-state index < -0.39 is 0 Å². The van der Waals surface area contributed by atoms with Crippen molar-refractivity contribution in [3.05, 3.63) is 34.2 Å². The zero-order chi connectivity index (χ0) is 12.8. The lowest BCUT2D eigenvalue weighted by Gasteiger charge is -2.17. The molecule has 0 spiro atoms. The van der Waals surface area contributed by atoms with Crippen LogP contribution in [0.5, 0.6) is 0 Å². The largest absolute Gasteiger partial charge is 0.367 e. The first-order valence-electron chi connectivity index (χ1n) is 6.02. The molecule has 0 saturated heterocycles. The van der Waals surface area contributed by atoms with Gasteiger partial charge in [0.15, 0.2) is 5.43 Å². The minimum atomic E-state index is -0.303. The second-order valence-corrected chi connectivity index (χ2v) is 4.55. The molecule has 94 valence electrons. The summed E-state index contributed by atoms with van der Waals surface area (Å²) in [6.45, 7) is 6.24. The first-order chi connectivity index (χ1) is 8.04. The molecule has 0 radical (unpaired) electrons. The quantitative estimate of drug-likeness (QED) is 0.820. The van der Waals surface area contributed by atoms with Gasteiger partial charge in [0.25, 0.3) is 5.91 Å². The van der Waals surface area contributed by atoms with E-state index >= 15 is 0 Å². The Labute approximate surface area is 101 Å². The Bertz CT molecular complexity index is 425. The van der Waals surface area contributed by atoms with Crippen molar-refractivity contribution in [2.75, 3.05) is 0 Å². The van der Waals surface area contributed by atoms with Crippen LogP contribution < -0.4 is 10.7 Å². The molecule has 0 aliphatic carbocycles. The third-order valence-corrected chi connectivity index (χ3v) is 2.90. The number of nitrogens with one attached hydrogen (secondary N) is 2. The zero-order valence-corrected chi connectivity index (χ0v) is 10.6. The Morgan fingerprint density at radius 1 is 1.47 bits per heavy atom. The van der Waals surface area contributed by atoms with E-state index in [2.05, 4.69) is 24.1 Å². The van der Waals surface area contributed by atoms with Gasteiger partial charge in [0.1, 0.15) is 5.56 Å². The summed E-state index contributed by atoms with van der Waals surface area (Å²) < 4.78 is 0. The SMILES string of the molecule is CCC(C)CC(C)NC(=O)c1c[nH]ccc1=O. The van der Waals surface area contributed by atoms with Crippen LogP contribution in [0.15, 0.2) is 23.3 Å². The number of H-pyrrole nitrogens is 1. The number of aromatic amines is 1. The molecule has 0 fully saturated rings. The fraction of sp³-hybridized carbons (Fsp3) is 0.538. The highest BCUT2D eigenvalue weighted by Crippen LogP contribution is 2.09. The number of hydrogen-bond donors (Lipinski definition) is 2. The fourth-order valence-electron chi connectivity index (χ4n) is 1.72. The molecule has 1 amide bonds. The standard InChI is InChI=1S/C13H20N2O2/c1-4-9(2)7-10(3)15-13(17)11-8-14-6-5-12(11)16/h5-6,8-10H,4,7H2,1-3H3,(H,14,16)(H,15,17). The summed E-state index contributed by atoms with van der Waals surface area (Å²) in [5.74, 6) is 0.266. The molecule has 4 heteroatoms. The molecule has 17 heavy (non-hydrogen) atoms. The lowest BCUT2D eigenvalue weighted by molar-refractivity contribution is 0.0934. The minimum absolute atomic E-state index is 0.0806. The minimum Gasteiger partial charge on any atom is -0.367 e. The lowest BCUT2D eigenvalue weighted by Crippen LogP contribution is -2.36. The normalized spacial score (nSPS) is 14.1. The van der Waals surface area contributed by atoms with Gasteiger partial charge in [0.2, 0.25) is 0 Å². The van der Waals surface area contributed by atoms with Crippen LogP contribution in [0, 0.1) is 5.92 Å². The number of amides is 1. The zero-order valence-electron chi connectivity index (χ0n) is 10.6. The van der Waals surface area contributed by atoms with Gasteiger partial charge in [0.05, 0.1) is 0 Å². The summed E-state index contributed by atoms with van der Waals surface area (Å²) in [5, 5.41) is 2.84. The van der Waals surface area contributed by atoms with Gasteiger partial charge in [-0.2, -0.15) is 0 Å². The first-order valence-corrected chi connectivity index (χ1v) is 6.02. The summed E-state index contributed by atoms with van der Waals surface area (Å²) in [5.41, 5.74) is -0.0829. The van der Waals surface area contributed by atoms with E-state index in [1.807, 2.05) is 6.92 Å². The average Bonchev–Trinajstić information content (AvgIpc) is 2.29. The summed E-state index contributed by atoms with van der Waals surface area (Å²) in [4.78, 5) is 26.0. The molecule has 0 aromatic carbocycles. The molecule has 1 heterocycles. The van der Waals surface area contributed by atoms with Gasteiger partial charge in [0, 0.05) is 24.5 Å². The highest BCUT2D eigenvalue weighted by molar-refractivity contribution is 5.93. The van der Waals surface area contributed by atoms with E-state index in [4.69, 9.17) is 0 Å². The molecule has 2 atom stereocenters. The van der Waals surface area contributed by atoms with Crippen LogP contribution in [0.4, 0.5) is 0 Å². The van der Waals surface area contributed by atoms with Crippen LogP contribution >= 0.6 is 0 Å². The van der Waals surface area contributed by atoms with Gasteiger partial charge in [-0.25, -0.2) is 0 Å². The molecule has 4 nitrogen and oxygen atoms in total. The Morgan fingerprint density at radius 3 is 2.76 bits per heavy atom. The molecular formula is C13H20N2O2. The van der Waals surface area contributed by atoms with Crippen LogP contribution in [0.25, 0.3) is 0 Å². The Morgan fingerprint density at radius 2 is 2.18 bits per heavy atom. The molecule has 0 saturated carbocycles. The number of hydrogen-bond acceptors (Lipinski definition) is 2. The van der Waals surface area contributed by atoms with Crippen molar-refractivity contribution in [2.24, 2.45) is 5.92 Å². The summed E-state index contributed by atoms with van der Waals surface area (Å²) in [7, 11) is 0. The fourth-order valence-corrected chi connectivity index (χ4v) is 1.72. The van der Waals surface area contributed by atoms with Crippen LogP contribution in [-0.4, -0.2) is 16.9 Å². The summed E-state index contributed by atoms with van der Waals surface area (Å²) in [6.07, 6.45) is 4.97. The molecule has 2 unspecified atom stereocenters. The highest BCUT2D eigenvalue weighted by atomic mass is 16.2. The summed E-state index contributed by atoms with van der Waals surface area (Å²) in [6, 6.07) is 1.44. The average molecular weight is 236 g/mol. The van der Waals surface area contributed by atoms with E-state index in [1.54, 1.807) is 0 Å². The van der Waals surface area contributed by atoms with Crippen molar-refractivity contribution in [3.8, 4) is 0 Å². The Balaban J connectivity index is 2.61. The maximum Gasteiger partial charge on any atom is 0.256 e. The predicted molar refractivity (Wildman–Crippen MR) is 68.1 cm³/mol. The number of aromatic nitrogens is 1. The highest BCUT2D eigenvalue weighted by Gasteiger charge is 2.13. The van der Waals surface area contributed by atoms with Crippen molar-refractivity contribution >= 4 is 5.91 Å². The van der Waals surface area contributed by atoms with Gasteiger partial charge >= 0.3 is 0 Å². The monoisotopic (exact) mass is 236 g/mol. The van der Waals surface area contributed by atoms with E-state index in [0.717, 1.165) is 12.8 Å². The van der Waals surface area contributed by atoms with E-state index in [9.17, 15) is 9.59 Å². The molecular weight excluding hydrogens is 216 g/mol. The van der Waals surface area contributed by atoms with Crippen LogP contribution in [-0.2, 0) is 0 Å². The predicted octanol–water partition coefficient (Wildman–Crippen LogP) is 1.93. The van der Waals surface area contributed by atoms with Gasteiger partial charge in [-0.15, -0.1) is 0 Å². The van der Waals surface area contributed by atoms with E-state index in [-0.39, 0.29) is 22.9 Å². The maximum atomic E-state index is 11.8. The number of rotatable bonds is 5. The number of pyridine rings is 1. The van der Waals surface area contributed by atoms with Crippen LogP contribution in [0.3, 0.4) is 0 Å². The molecule has 0 aliphatic heterocycles. The molecule has 2 N–H and O–H groups in total. The van der Waals surface area contributed by atoms with Gasteiger partial charge in [-0.05, 0) is 19.3 Å². The van der Waals surface area contributed by atoms with Crippen molar-refractivity contribution < 1.29 is 4.79 Å². The number of carbonyl (C=O) groups is 1. The maximum absolute atomic E-state index is 11.8. The molecule has 1 aromatic heterocycles. The van der Waals surface area contributed by atoms with Crippen molar-refractivity contribution in [2.45, 2.75) is 39.7 Å². The molecule has 1 aromatic rings. The van der Waals surface area contributed by atoms with Crippen molar-refractivity contribution in [1.82, 2.24) is 10.3 Å². The lowest BCUT2D eigenvalue weighted by atomic mass is 10.0. The Kier molecular flexibility index (Phi) is 4.94. The van der Waals surface area contributed by atoms with E-state index in [0.29, 0.717) is 5.92 Å². The van der Waals surface area contributed by atoms with E-state index in [1.165, 1.54) is 18.5 Å². The number of carbonyl (C=O) groups excluding carboxylic acids is 1. The van der Waals surface area contributed by atoms with Crippen molar-refractivity contribution in [1.29, 1.82) is 0 Å². The van der Waals surface area contributed by atoms with Gasteiger partial charge < -0.3 is 10.3 Å². The Hall–Kier alpha value is -1.58. The first kappa shape index (κ1) is 13.5. The van der Waals surface area contributed by atoms with Gasteiger partial charge in [-0.1, -0.05) is 20.3 Å². The van der Waals surface area contributed by atoms with Crippen LogP contribution in [0.1, 0.15) is 44.0 Å². The second-order valence-electron chi connectivity index (χ2n) is 4.55. The smallest absolute Gasteiger partial charge is 0.256 e.